The smallest absolute Gasteiger partial charge is 0.338 e. The van der Waals surface area contributed by atoms with Gasteiger partial charge in [0.1, 0.15) is 18.6 Å². The van der Waals surface area contributed by atoms with Crippen LogP contribution in [0.5, 0.6) is 23.0 Å². The number of carbonyl (C=O) groups is 1. The molecule has 0 atom stereocenters. The maximum atomic E-state index is 12.4. The fourth-order valence-corrected chi connectivity index (χ4v) is 2.44. The highest BCUT2D eigenvalue weighted by molar-refractivity contribution is 5.91. The van der Waals surface area contributed by atoms with Crippen molar-refractivity contribution in [1.29, 1.82) is 0 Å². The van der Waals surface area contributed by atoms with Crippen molar-refractivity contribution in [1.82, 2.24) is 0 Å². The van der Waals surface area contributed by atoms with Crippen molar-refractivity contribution in [2.24, 2.45) is 5.92 Å². The highest BCUT2D eigenvalue weighted by Crippen LogP contribution is 2.38. The van der Waals surface area contributed by atoms with Gasteiger partial charge in [-0.05, 0) is 24.5 Å². The number of esters is 1. The van der Waals surface area contributed by atoms with Gasteiger partial charge in [-0.3, -0.25) is 4.79 Å². The van der Waals surface area contributed by atoms with Gasteiger partial charge in [0.2, 0.25) is 16.9 Å². The van der Waals surface area contributed by atoms with E-state index in [-0.39, 0.29) is 29.1 Å². The molecule has 0 radical (unpaired) electrons. The van der Waals surface area contributed by atoms with Gasteiger partial charge in [-0.15, -0.1) is 0 Å². The van der Waals surface area contributed by atoms with E-state index < -0.39 is 5.97 Å². The van der Waals surface area contributed by atoms with Crippen LogP contribution in [0.3, 0.4) is 0 Å². The lowest BCUT2D eigenvalue weighted by Crippen LogP contribution is -2.11. The first kappa shape index (κ1) is 22.1. The van der Waals surface area contributed by atoms with Crippen molar-refractivity contribution in [3.8, 4) is 23.0 Å². The van der Waals surface area contributed by atoms with Crippen molar-refractivity contribution in [3.05, 3.63) is 46.0 Å². The summed E-state index contributed by atoms with van der Waals surface area (Å²) in [6.07, 6.45) is 2.05. The van der Waals surface area contributed by atoms with Gasteiger partial charge in [0.15, 0.2) is 11.5 Å². The van der Waals surface area contributed by atoms with Crippen molar-refractivity contribution in [2.75, 3.05) is 27.9 Å². The molecule has 0 aliphatic heterocycles. The van der Waals surface area contributed by atoms with E-state index in [0.29, 0.717) is 29.8 Å². The summed E-state index contributed by atoms with van der Waals surface area (Å²) in [5.74, 6) is 1.18. The van der Waals surface area contributed by atoms with Crippen molar-refractivity contribution < 1.29 is 32.9 Å². The number of rotatable bonds is 10. The van der Waals surface area contributed by atoms with Gasteiger partial charge in [0.25, 0.3) is 0 Å². The van der Waals surface area contributed by atoms with Crippen LogP contribution < -0.4 is 24.4 Å². The number of benzene rings is 1. The number of methoxy groups -OCH3 is 3. The first-order valence-corrected chi connectivity index (χ1v) is 9.11. The lowest BCUT2D eigenvalue weighted by Gasteiger charge is -2.13. The van der Waals surface area contributed by atoms with Gasteiger partial charge < -0.3 is 28.1 Å². The van der Waals surface area contributed by atoms with Crippen molar-refractivity contribution in [2.45, 2.75) is 26.9 Å². The molecule has 29 heavy (non-hydrogen) atoms. The van der Waals surface area contributed by atoms with Gasteiger partial charge in [-0.25, -0.2) is 4.79 Å². The predicted octanol–water partition coefficient (Wildman–Crippen LogP) is 3.45. The number of hydrogen-bond acceptors (Lipinski definition) is 8. The van der Waals surface area contributed by atoms with Crippen molar-refractivity contribution >= 4 is 5.97 Å². The Morgan fingerprint density at radius 3 is 2.17 bits per heavy atom. The van der Waals surface area contributed by atoms with Crippen LogP contribution in [-0.2, 0) is 11.3 Å². The molecule has 2 aromatic rings. The summed E-state index contributed by atoms with van der Waals surface area (Å²) >= 11 is 0. The molecule has 1 aromatic carbocycles. The minimum Gasteiger partial charge on any atom is -0.493 e. The van der Waals surface area contributed by atoms with Crippen molar-refractivity contribution in [3.63, 3.8) is 0 Å². The molecule has 2 rings (SSSR count). The maximum Gasteiger partial charge on any atom is 0.338 e. The van der Waals surface area contributed by atoms with Gasteiger partial charge in [0, 0.05) is 6.07 Å². The Labute approximate surface area is 169 Å². The van der Waals surface area contributed by atoms with Crippen LogP contribution in [-0.4, -0.2) is 33.9 Å². The molecule has 0 amide bonds. The molecule has 8 nitrogen and oxygen atoms in total. The first-order valence-electron chi connectivity index (χ1n) is 9.11. The summed E-state index contributed by atoms with van der Waals surface area (Å²) < 4.78 is 31.7. The van der Waals surface area contributed by atoms with Crippen LogP contribution in [0.2, 0.25) is 0 Å². The maximum absolute atomic E-state index is 12.4. The van der Waals surface area contributed by atoms with E-state index >= 15 is 0 Å². The molecule has 0 unspecified atom stereocenters. The van der Waals surface area contributed by atoms with Crippen LogP contribution in [0.15, 0.2) is 33.7 Å². The average molecular weight is 406 g/mol. The van der Waals surface area contributed by atoms with E-state index in [2.05, 4.69) is 13.8 Å². The lowest BCUT2D eigenvalue weighted by atomic mass is 10.1. The SMILES string of the molecule is COc1cc(C(=O)OCc2cc(=O)c(OCCC(C)C)co2)cc(OC)c1OC. The van der Waals surface area contributed by atoms with E-state index in [9.17, 15) is 9.59 Å². The Morgan fingerprint density at radius 2 is 1.66 bits per heavy atom. The molecule has 0 aliphatic rings. The Bertz CT molecular complexity index is 859. The van der Waals surface area contributed by atoms with Gasteiger partial charge in [-0.1, -0.05) is 13.8 Å². The molecule has 1 heterocycles. The minimum atomic E-state index is -0.635. The van der Waals surface area contributed by atoms with Crippen LogP contribution in [0.4, 0.5) is 0 Å². The monoisotopic (exact) mass is 406 g/mol. The quantitative estimate of drug-likeness (QED) is 0.554. The molecule has 1 aromatic heterocycles. The third-order valence-corrected chi connectivity index (χ3v) is 4.05. The third-order valence-electron chi connectivity index (χ3n) is 4.05. The Morgan fingerprint density at radius 1 is 1.00 bits per heavy atom. The van der Waals surface area contributed by atoms with Gasteiger partial charge >= 0.3 is 5.97 Å². The van der Waals surface area contributed by atoms with Crippen LogP contribution in [0.1, 0.15) is 36.4 Å². The Kier molecular flexibility index (Phi) is 7.94. The fraction of sp³-hybridized carbons (Fsp3) is 0.429. The van der Waals surface area contributed by atoms with E-state index in [1.165, 1.54) is 45.8 Å². The molecular formula is C21H26O8. The minimum absolute atomic E-state index is 0.130. The summed E-state index contributed by atoms with van der Waals surface area (Å²) in [4.78, 5) is 24.5. The van der Waals surface area contributed by atoms with E-state index in [4.69, 9.17) is 28.1 Å². The van der Waals surface area contributed by atoms with Crippen LogP contribution in [0.25, 0.3) is 0 Å². The van der Waals surface area contributed by atoms with Crippen LogP contribution >= 0.6 is 0 Å². The molecule has 0 N–H and O–H groups in total. The second-order valence-electron chi connectivity index (χ2n) is 6.60. The van der Waals surface area contributed by atoms with Gasteiger partial charge in [0.05, 0.1) is 33.5 Å². The predicted molar refractivity (Wildman–Crippen MR) is 105 cm³/mol. The second kappa shape index (κ2) is 10.4. The molecule has 0 bridgehead atoms. The summed E-state index contributed by atoms with van der Waals surface area (Å²) in [6, 6.07) is 4.20. The topological polar surface area (TPSA) is 93.4 Å². The first-order chi connectivity index (χ1) is 13.9. The van der Waals surface area contributed by atoms with Crippen LogP contribution in [0, 0.1) is 5.92 Å². The molecule has 0 aliphatic carbocycles. The number of hydrogen-bond donors (Lipinski definition) is 0. The summed E-state index contributed by atoms with van der Waals surface area (Å²) in [5.41, 5.74) is -0.130. The highest BCUT2D eigenvalue weighted by atomic mass is 16.5. The zero-order valence-electron chi connectivity index (χ0n) is 17.3. The molecule has 158 valence electrons. The van der Waals surface area contributed by atoms with E-state index in [0.717, 1.165) is 6.42 Å². The standard InChI is InChI=1S/C21H26O8/c1-13(2)6-7-27-19-12-28-15(10-16(19)22)11-29-21(23)14-8-17(24-3)20(26-5)18(9-14)25-4/h8-10,12-13H,6-7,11H2,1-5H3. The summed E-state index contributed by atoms with van der Waals surface area (Å²) in [7, 11) is 4.37. The Balaban J connectivity index is 2.05. The number of ether oxygens (including phenoxy) is 5. The fourth-order valence-electron chi connectivity index (χ4n) is 2.44. The van der Waals surface area contributed by atoms with Gasteiger partial charge in [-0.2, -0.15) is 0 Å². The molecule has 0 fully saturated rings. The summed E-state index contributed by atoms with van der Waals surface area (Å²) in [6.45, 7) is 4.35. The number of carbonyl (C=O) groups excluding carboxylic acids is 1. The molecular weight excluding hydrogens is 380 g/mol. The molecule has 8 heteroatoms. The zero-order chi connectivity index (χ0) is 21.4. The zero-order valence-corrected chi connectivity index (χ0v) is 17.3. The largest absolute Gasteiger partial charge is 0.493 e. The molecule has 0 saturated carbocycles. The Hall–Kier alpha value is -3.16. The third kappa shape index (κ3) is 5.91. The molecule has 0 spiro atoms. The average Bonchev–Trinajstić information content (AvgIpc) is 2.71. The summed E-state index contributed by atoms with van der Waals surface area (Å²) in [5, 5.41) is 0. The highest BCUT2D eigenvalue weighted by Gasteiger charge is 2.18. The second-order valence-corrected chi connectivity index (χ2v) is 6.60. The molecule has 0 saturated heterocycles. The van der Waals surface area contributed by atoms with E-state index in [1.54, 1.807) is 0 Å². The van der Waals surface area contributed by atoms with E-state index in [1.807, 2.05) is 0 Å². The lowest BCUT2D eigenvalue weighted by molar-refractivity contribution is 0.0441. The normalized spacial score (nSPS) is 10.6.